The molecule has 1 amide bonds. The Hall–Kier alpha value is -2.34. The van der Waals surface area contributed by atoms with Gasteiger partial charge in [0, 0.05) is 11.9 Å². The van der Waals surface area contributed by atoms with E-state index in [0.717, 1.165) is 18.2 Å². The zero-order valence-electron chi connectivity index (χ0n) is 13.1. The van der Waals surface area contributed by atoms with Crippen LogP contribution in [0.1, 0.15) is 12.5 Å². The number of hydrogen-bond donors (Lipinski definition) is 1. The molecule has 1 N–H and O–H groups in total. The third-order valence-electron chi connectivity index (χ3n) is 3.26. The number of sulfone groups is 1. The molecule has 2 aromatic rings. The number of aryl methyl sites for hydroxylation is 1. The summed E-state index contributed by atoms with van der Waals surface area (Å²) in [5, 5.41) is 2.63. The van der Waals surface area contributed by atoms with Gasteiger partial charge in [-0.1, -0.05) is 31.2 Å². The number of hydrogen-bond acceptors (Lipinski definition) is 4. The molecule has 2 rings (SSSR count). The van der Waals surface area contributed by atoms with E-state index in [-0.39, 0.29) is 17.4 Å². The van der Waals surface area contributed by atoms with Crippen molar-refractivity contribution in [3.63, 3.8) is 0 Å². The highest BCUT2D eigenvalue weighted by molar-refractivity contribution is 7.90. The standard InChI is InChI=1S/C17H19NO4S/c1-3-13-7-4-5-10-16(13)22-12-17(19)18-14-8-6-9-15(11-14)23(2,20)21/h4-11H,3,12H2,1-2H3,(H,18,19). The molecule has 0 aliphatic rings. The lowest BCUT2D eigenvalue weighted by Crippen LogP contribution is -2.20. The molecule has 0 aromatic heterocycles. The smallest absolute Gasteiger partial charge is 0.262 e. The monoisotopic (exact) mass is 333 g/mol. The second-order valence-corrected chi connectivity index (χ2v) is 7.11. The number of ether oxygens (including phenoxy) is 1. The van der Waals surface area contributed by atoms with Crippen molar-refractivity contribution in [1.29, 1.82) is 0 Å². The van der Waals surface area contributed by atoms with Crippen LogP contribution in [0.5, 0.6) is 5.75 Å². The Labute approximate surface area is 136 Å². The summed E-state index contributed by atoms with van der Waals surface area (Å²) in [5.74, 6) is 0.330. The molecule has 0 saturated heterocycles. The van der Waals surface area contributed by atoms with Crippen molar-refractivity contribution in [3.8, 4) is 5.75 Å². The second-order valence-electron chi connectivity index (χ2n) is 5.10. The van der Waals surface area contributed by atoms with Crippen molar-refractivity contribution in [1.82, 2.24) is 0 Å². The van der Waals surface area contributed by atoms with Gasteiger partial charge in [0.25, 0.3) is 5.91 Å². The second kappa shape index (κ2) is 7.28. The Bertz CT molecular complexity index is 800. The minimum atomic E-state index is -3.31. The van der Waals surface area contributed by atoms with Crippen molar-refractivity contribution >= 4 is 21.4 Å². The predicted molar refractivity (Wildman–Crippen MR) is 89.5 cm³/mol. The van der Waals surface area contributed by atoms with E-state index in [4.69, 9.17) is 4.74 Å². The molecule has 0 fully saturated rings. The lowest BCUT2D eigenvalue weighted by atomic mass is 10.1. The first-order valence-electron chi connectivity index (χ1n) is 7.21. The molecule has 0 aliphatic heterocycles. The molecule has 0 radical (unpaired) electrons. The van der Waals surface area contributed by atoms with E-state index in [1.165, 1.54) is 12.1 Å². The van der Waals surface area contributed by atoms with Crippen molar-refractivity contribution in [2.75, 3.05) is 18.2 Å². The molecule has 0 heterocycles. The van der Waals surface area contributed by atoms with Crippen molar-refractivity contribution in [2.24, 2.45) is 0 Å². The summed E-state index contributed by atoms with van der Waals surface area (Å²) in [7, 11) is -3.31. The van der Waals surface area contributed by atoms with E-state index in [9.17, 15) is 13.2 Å². The summed E-state index contributed by atoms with van der Waals surface area (Å²) in [6, 6.07) is 13.7. The molecule has 0 bridgehead atoms. The summed E-state index contributed by atoms with van der Waals surface area (Å²) in [6.45, 7) is 1.87. The molecule has 0 unspecified atom stereocenters. The van der Waals surface area contributed by atoms with Crippen LogP contribution < -0.4 is 10.1 Å². The summed E-state index contributed by atoms with van der Waals surface area (Å²) < 4.78 is 28.6. The Morgan fingerprint density at radius 3 is 2.57 bits per heavy atom. The molecule has 122 valence electrons. The van der Waals surface area contributed by atoms with Crippen LogP contribution in [0, 0.1) is 0 Å². The first-order valence-corrected chi connectivity index (χ1v) is 9.10. The summed E-state index contributed by atoms with van der Waals surface area (Å²) in [6.07, 6.45) is 1.94. The number of anilines is 1. The van der Waals surface area contributed by atoms with Gasteiger partial charge in [0.15, 0.2) is 16.4 Å². The van der Waals surface area contributed by atoms with Gasteiger partial charge >= 0.3 is 0 Å². The van der Waals surface area contributed by atoms with Gasteiger partial charge in [-0.25, -0.2) is 8.42 Å². The van der Waals surface area contributed by atoms with Crippen molar-refractivity contribution in [2.45, 2.75) is 18.2 Å². The number of benzene rings is 2. The number of rotatable bonds is 6. The maximum absolute atomic E-state index is 12.0. The first-order chi connectivity index (χ1) is 10.9. The molecule has 0 aliphatic carbocycles. The zero-order chi connectivity index (χ0) is 16.9. The number of carbonyl (C=O) groups excluding carboxylic acids is 1. The molecular formula is C17H19NO4S. The van der Waals surface area contributed by atoms with Crippen LogP contribution in [-0.2, 0) is 21.1 Å². The quantitative estimate of drug-likeness (QED) is 0.882. The van der Waals surface area contributed by atoms with Crippen LogP contribution in [0.3, 0.4) is 0 Å². The normalized spacial score (nSPS) is 11.0. The predicted octanol–water partition coefficient (Wildman–Crippen LogP) is 2.67. The van der Waals surface area contributed by atoms with Crippen LogP contribution in [0.4, 0.5) is 5.69 Å². The third kappa shape index (κ3) is 4.82. The lowest BCUT2D eigenvalue weighted by Gasteiger charge is -2.11. The highest BCUT2D eigenvalue weighted by Gasteiger charge is 2.10. The molecule has 0 spiro atoms. The Morgan fingerprint density at radius 2 is 1.87 bits per heavy atom. The van der Waals surface area contributed by atoms with Crippen LogP contribution in [0.2, 0.25) is 0 Å². The van der Waals surface area contributed by atoms with Gasteiger partial charge in [0.05, 0.1) is 4.90 Å². The van der Waals surface area contributed by atoms with Crippen LogP contribution in [0.25, 0.3) is 0 Å². The van der Waals surface area contributed by atoms with Gasteiger partial charge in [-0.05, 0) is 36.2 Å². The minimum Gasteiger partial charge on any atom is -0.483 e. The number of amides is 1. The molecule has 5 nitrogen and oxygen atoms in total. The van der Waals surface area contributed by atoms with Gasteiger partial charge in [-0.3, -0.25) is 4.79 Å². The summed E-state index contributed by atoms with van der Waals surface area (Å²) in [4.78, 5) is 12.1. The fourth-order valence-corrected chi connectivity index (χ4v) is 2.75. The highest BCUT2D eigenvalue weighted by Crippen LogP contribution is 2.19. The van der Waals surface area contributed by atoms with E-state index in [1.807, 2.05) is 31.2 Å². The number of nitrogens with one attached hydrogen (secondary N) is 1. The summed E-state index contributed by atoms with van der Waals surface area (Å²) in [5.41, 5.74) is 1.45. The van der Waals surface area contributed by atoms with Gasteiger partial charge < -0.3 is 10.1 Å². The fraction of sp³-hybridized carbons (Fsp3) is 0.235. The van der Waals surface area contributed by atoms with Gasteiger partial charge in [0.2, 0.25) is 0 Å². The SMILES string of the molecule is CCc1ccccc1OCC(=O)Nc1cccc(S(C)(=O)=O)c1. The van der Waals surface area contributed by atoms with Gasteiger partial charge in [-0.2, -0.15) is 0 Å². The van der Waals surface area contributed by atoms with E-state index >= 15 is 0 Å². The highest BCUT2D eigenvalue weighted by atomic mass is 32.2. The first kappa shape index (κ1) is 17.0. The topological polar surface area (TPSA) is 72.5 Å². The molecular weight excluding hydrogens is 314 g/mol. The fourth-order valence-electron chi connectivity index (χ4n) is 2.08. The largest absolute Gasteiger partial charge is 0.483 e. The zero-order valence-corrected chi connectivity index (χ0v) is 13.9. The van der Waals surface area contributed by atoms with Crippen LogP contribution >= 0.6 is 0 Å². The van der Waals surface area contributed by atoms with Crippen LogP contribution in [-0.4, -0.2) is 27.2 Å². The van der Waals surface area contributed by atoms with E-state index in [0.29, 0.717) is 11.4 Å². The van der Waals surface area contributed by atoms with E-state index in [2.05, 4.69) is 5.32 Å². The Kier molecular flexibility index (Phi) is 5.39. The third-order valence-corrected chi connectivity index (χ3v) is 4.37. The lowest BCUT2D eigenvalue weighted by molar-refractivity contribution is -0.118. The molecule has 23 heavy (non-hydrogen) atoms. The number of carbonyl (C=O) groups is 1. The van der Waals surface area contributed by atoms with E-state index < -0.39 is 9.84 Å². The van der Waals surface area contributed by atoms with Gasteiger partial charge in [0.1, 0.15) is 5.75 Å². The molecule has 2 aromatic carbocycles. The van der Waals surface area contributed by atoms with Crippen LogP contribution in [0.15, 0.2) is 53.4 Å². The maximum Gasteiger partial charge on any atom is 0.262 e. The average Bonchev–Trinajstić information content (AvgIpc) is 2.52. The van der Waals surface area contributed by atoms with Crippen molar-refractivity contribution < 1.29 is 17.9 Å². The van der Waals surface area contributed by atoms with Crippen molar-refractivity contribution in [3.05, 3.63) is 54.1 Å². The molecule has 0 saturated carbocycles. The van der Waals surface area contributed by atoms with E-state index in [1.54, 1.807) is 12.1 Å². The summed E-state index contributed by atoms with van der Waals surface area (Å²) >= 11 is 0. The minimum absolute atomic E-state index is 0.139. The average molecular weight is 333 g/mol. The molecule has 6 heteroatoms. The Balaban J connectivity index is 2.00. The molecule has 0 atom stereocenters. The van der Waals surface area contributed by atoms with Gasteiger partial charge in [-0.15, -0.1) is 0 Å². The number of para-hydroxylation sites is 1. The maximum atomic E-state index is 12.0. The Morgan fingerprint density at radius 1 is 1.13 bits per heavy atom.